The molecule has 0 aliphatic carbocycles. The van der Waals surface area contributed by atoms with Crippen LogP contribution in [0.5, 0.6) is 11.5 Å². The molecule has 4 heteroatoms. The first-order chi connectivity index (χ1) is 10.2. The summed E-state index contributed by atoms with van der Waals surface area (Å²) >= 11 is 0. The Morgan fingerprint density at radius 1 is 1.10 bits per heavy atom. The zero-order valence-electron chi connectivity index (χ0n) is 12.0. The topological polar surface area (TPSA) is 61.5 Å². The second-order valence-corrected chi connectivity index (χ2v) is 4.60. The van der Waals surface area contributed by atoms with Crippen LogP contribution in [0.1, 0.15) is 22.3 Å². The number of carbonyl (C=O) groups excluding carboxylic acids is 1. The number of nitrogens with two attached hydrogens (primary N) is 1. The summed E-state index contributed by atoms with van der Waals surface area (Å²) in [4.78, 5) is 11.9. The molecule has 2 N–H and O–H groups in total. The highest BCUT2D eigenvalue weighted by molar-refractivity contribution is 5.96. The van der Waals surface area contributed by atoms with Gasteiger partial charge in [-0.3, -0.25) is 4.79 Å². The molecule has 0 saturated carbocycles. The lowest BCUT2D eigenvalue weighted by atomic mass is 10.1. The molecular weight excluding hydrogens is 266 g/mol. The maximum atomic E-state index is 11.9. The fraction of sp³-hybridized carbons (Fsp3) is 0.235. The van der Waals surface area contributed by atoms with Gasteiger partial charge in [0.15, 0.2) is 17.3 Å². The molecule has 0 heterocycles. The van der Waals surface area contributed by atoms with Crippen LogP contribution in [0.3, 0.4) is 0 Å². The molecule has 2 aromatic rings. The molecular formula is C17H19NO3. The number of hydrogen-bond acceptors (Lipinski definition) is 4. The average molecular weight is 285 g/mol. The van der Waals surface area contributed by atoms with Crippen LogP contribution in [0.2, 0.25) is 0 Å². The minimum atomic E-state index is 0.00436. The number of ether oxygens (including phenoxy) is 2. The van der Waals surface area contributed by atoms with Crippen molar-refractivity contribution in [2.45, 2.75) is 13.0 Å². The van der Waals surface area contributed by atoms with Gasteiger partial charge in [-0.15, -0.1) is 0 Å². The van der Waals surface area contributed by atoms with E-state index in [1.807, 2.05) is 30.3 Å². The Kier molecular flexibility index (Phi) is 5.35. The summed E-state index contributed by atoms with van der Waals surface area (Å²) in [6, 6.07) is 15.0. The van der Waals surface area contributed by atoms with Gasteiger partial charge in [-0.2, -0.15) is 0 Å². The summed E-state index contributed by atoms with van der Waals surface area (Å²) in [5, 5.41) is 0. The highest BCUT2D eigenvalue weighted by atomic mass is 16.5. The third-order valence-corrected chi connectivity index (χ3v) is 3.09. The zero-order valence-corrected chi connectivity index (χ0v) is 12.0. The maximum absolute atomic E-state index is 11.9. The summed E-state index contributed by atoms with van der Waals surface area (Å²) in [5.74, 6) is 1.17. The second kappa shape index (κ2) is 7.45. The average Bonchev–Trinajstić information content (AvgIpc) is 2.54. The molecule has 0 aliphatic heterocycles. The smallest absolute Gasteiger partial charge is 0.164 e. The summed E-state index contributed by atoms with van der Waals surface area (Å²) in [5.41, 5.74) is 7.06. The molecule has 0 atom stereocenters. The molecule has 0 saturated heterocycles. The van der Waals surface area contributed by atoms with E-state index >= 15 is 0 Å². The van der Waals surface area contributed by atoms with Crippen LogP contribution in [-0.4, -0.2) is 19.4 Å². The minimum absolute atomic E-state index is 0.00436. The van der Waals surface area contributed by atoms with Crippen molar-refractivity contribution in [2.24, 2.45) is 5.73 Å². The predicted octanol–water partition coefficient (Wildman–Crippen LogP) is 2.81. The standard InChI is InChI=1S/C17H19NO3/c1-20-16-8-7-14(15(19)9-10-18)11-17(16)21-12-13-5-3-2-4-6-13/h2-8,11H,9-10,12,18H2,1H3. The first-order valence-electron chi connectivity index (χ1n) is 6.82. The quantitative estimate of drug-likeness (QED) is 0.795. The van der Waals surface area contributed by atoms with Crippen LogP contribution in [0, 0.1) is 0 Å². The molecule has 0 aliphatic rings. The highest BCUT2D eigenvalue weighted by Gasteiger charge is 2.11. The highest BCUT2D eigenvalue weighted by Crippen LogP contribution is 2.29. The molecule has 110 valence electrons. The number of Topliss-reactive ketones (excluding diaryl/α,β-unsaturated/α-hetero) is 1. The van der Waals surface area contributed by atoms with Gasteiger partial charge in [-0.1, -0.05) is 30.3 Å². The molecule has 0 aromatic heterocycles. The van der Waals surface area contributed by atoms with Gasteiger partial charge >= 0.3 is 0 Å². The van der Waals surface area contributed by atoms with Crippen molar-refractivity contribution in [2.75, 3.05) is 13.7 Å². The summed E-state index contributed by atoms with van der Waals surface area (Å²) in [7, 11) is 1.58. The van der Waals surface area contributed by atoms with Crippen molar-refractivity contribution in [3.05, 3.63) is 59.7 Å². The van der Waals surface area contributed by atoms with E-state index in [9.17, 15) is 4.79 Å². The van der Waals surface area contributed by atoms with Gasteiger partial charge < -0.3 is 15.2 Å². The lowest BCUT2D eigenvalue weighted by molar-refractivity contribution is 0.0985. The van der Waals surface area contributed by atoms with Crippen molar-refractivity contribution >= 4 is 5.78 Å². The van der Waals surface area contributed by atoms with Crippen molar-refractivity contribution in [3.8, 4) is 11.5 Å². The Balaban J connectivity index is 2.16. The third kappa shape index (κ3) is 4.07. The zero-order chi connectivity index (χ0) is 15.1. The first kappa shape index (κ1) is 15.1. The van der Waals surface area contributed by atoms with E-state index < -0.39 is 0 Å². The van der Waals surface area contributed by atoms with E-state index in [0.717, 1.165) is 5.56 Å². The van der Waals surface area contributed by atoms with Crippen molar-refractivity contribution in [1.82, 2.24) is 0 Å². The normalized spacial score (nSPS) is 10.2. The fourth-order valence-corrected chi connectivity index (χ4v) is 1.97. The van der Waals surface area contributed by atoms with E-state index in [2.05, 4.69) is 0 Å². The molecule has 0 amide bonds. The SMILES string of the molecule is COc1ccc(C(=O)CCN)cc1OCc1ccccc1. The van der Waals surface area contributed by atoms with Gasteiger partial charge in [0.1, 0.15) is 6.61 Å². The molecule has 0 unspecified atom stereocenters. The van der Waals surface area contributed by atoms with Crippen LogP contribution < -0.4 is 15.2 Å². The van der Waals surface area contributed by atoms with Crippen LogP contribution in [-0.2, 0) is 6.61 Å². The van der Waals surface area contributed by atoms with Crippen molar-refractivity contribution in [3.63, 3.8) is 0 Å². The summed E-state index contributed by atoms with van der Waals surface area (Å²) in [6.07, 6.45) is 0.324. The maximum Gasteiger partial charge on any atom is 0.164 e. The predicted molar refractivity (Wildman–Crippen MR) is 81.8 cm³/mol. The van der Waals surface area contributed by atoms with Crippen LogP contribution in [0.4, 0.5) is 0 Å². The summed E-state index contributed by atoms with van der Waals surface area (Å²) < 4.78 is 11.0. The van der Waals surface area contributed by atoms with Crippen molar-refractivity contribution < 1.29 is 14.3 Å². The number of ketones is 1. The van der Waals surface area contributed by atoms with E-state index in [0.29, 0.717) is 36.6 Å². The van der Waals surface area contributed by atoms with Gasteiger partial charge in [0, 0.05) is 12.0 Å². The fourth-order valence-electron chi connectivity index (χ4n) is 1.97. The third-order valence-electron chi connectivity index (χ3n) is 3.09. The Bertz CT molecular complexity index is 596. The molecule has 0 spiro atoms. The Hall–Kier alpha value is -2.33. The van der Waals surface area contributed by atoms with Crippen LogP contribution >= 0.6 is 0 Å². The Labute approximate surface area is 124 Å². The first-order valence-corrected chi connectivity index (χ1v) is 6.82. The van der Waals surface area contributed by atoms with Crippen LogP contribution in [0.25, 0.3) is 0 Å². The van der Waals surface area contributed by atoms with Gasteiger partial charge in [-0.05, 0) is 30.3 Å². The van der Waals surface area contributed by atoms with Crippen LogP contribution in [0.15, 0.2) is 48.5 Å². The number of hydrogen-bond donors (Lipinski definition) is 1. The molecule has 2 rings (SSSR count). The lowest BCUT2D eigenvalue weighted by Crippen LogP contribution is -2.08. The molecule has 0 fully saturated rings. The number of methoxy groups -OCH3 is 1. The summed E-state index contributed by atoms with van der Waals surface area (Å²) in [6.45, 7) is 0.761. The lowest BCUT2D eigenvalue weighted by Gasteiger charge is -2.12. The molecule has 4 nitrogen and oxygen atoms in total. The molecule has 21 heavy (non-hydrogen) atoms. The largest absolute Gasteiger partial charge is 0.493 e. The van der Waals surface area contributed by atoms with E-state index in [-0.39, 0.29) is 5.78 Å². The molecule has 0 radical (unpaired) electrons. The van der Waals surface area contributed by atoms with Gasteiger partial charge in [0.2, 0.25) is 0 Å². The number of rotatable bonds is 7. The monoisotopic (exact) mass is 285 g/mol. The minimum Gasteiger partial charge on any atom is -0.493 e. The molecule has 0 bridgehead atoms. The van der Waals surface area contributed by atoms with Gasteiger partial charge in [0.25, 0.3) is 0 Å². The second-order valence-electron chi connectivity index (χ2n) is 4.60. The number of benzene rings is 2. The van der Waals surface area contributed by atoms with Gasteiger partial charge in [0.05, 0.1) is 7.11 Å². The van der Waals surface area contributed by atoms with E-state index in [1.165, 1.54) is 0 Å². The van der Waals surface area contributed by atoms with Gasteiger partial charge in [-0.25, -0.2) is 0 Å². The van der Waals surface area contributed by atoms with E-state index in [1.54, 1.807) is 25.3 Å². The Morgan fingerprint density at radius 3 is 2.52 bits per heavy atom. The van der Waals surface area contributed by atoms with E-state index in [4.69, 9.17) is 15.2 Å². The Morgan fingerprint density at radius 2 is 1.86 bits per heavy atom. The molecule has 2 aromatic carbocycles. The van der Waals surface area contributed by atoms with Crippen molar-refractivity contribution in [1.29, 1.82) is 0 Å². The number of carbonyl (C=O) groups is 1.